The van der Waals surface area contributed by atoms with Crippen molar-refractivity contribution in [2.24, 2.45) is 5.73 Å². The molecule has 0 unspecified atom stereocenters. The summed E-state index contributed by atoms with van der Waals surface area (Å²) in [5, 5.41) is 5.83. The summed E-state index contributed by atoms with van der Waals surface area (Å²) in [4.78, 5) is 17.6. The minimum atomic E-state index is -0.522. The van der Waals surface area contributed by atoms with Crippen LogP contribution in [0.2, 0.25) is 0 Å². The summed E-state index contributed by atoms with van der Waals surface area (Å²) in [6, 6.07) is 10.3. The molecule has 2 aromatic heterocycles. The van der Waals surface area contributed by atoms with Crippen molar-refractivity contribution in [3.63, 3.8) is 0 Å². The number of carbonyl (C=O) groups is 1. The van der Waals surface area contributed by atoms with Crippen LogP contribution in [0.15, 0.2) is 46.3 Å². The molecule has 0 spiro atoms. The summed E-state index contributed by atoms with van der Waals surface area (Å²) in [5.41, 5.74) is 5.90. The lowest BCUT2D eigenvalue weighted by Crippen LogP contribution is -2.31. The van der Waals surface area contributed by atoms with Crippen molar-refractivity contribution < 1.29 is 14.1 Å². The molecule has 0 aliphatic carbocycles. The highest BCUT2D eigenvalue weighted by Gasteiger charge is 2.10. The molecule has 0 aliphatic rings. The first-order valence-corrected chi connectivity index (χ1v) is 7.64. The van der Waals surface area contributed by atoms with Gasteiger partial charge in [0.1, 0.15) is 5.75 Å². The number of nitrogens with two attached hydrogens (primary N) is 1. The third kappa shape index (κ3) is 3.49. The van der Waals surface area contributed by atoms with Gasteiger partial charge in [0.2, 0.25) is 5.82 Å². The first kappa shape index (κ1) is 15.0. The zero-order valence-electron chi connectivity index (χ0n) is 12.3. The van der Waals surface area contributed by atoms with Gasteiger partial charge in [-0.05, 0) is 35.7 Å². The molecular weight excluding hydrogens is 316 g/mol. The molecule has 0 aliphatic heterocycles. The first-order valence-electron chi connectivity index (χ1n) is 6.76. The zero-order chi connectivity index (χ0) is 16.2. The van der Waals surface area contributed by atoms with Crippen molar-refractivity contribution in [2.75, 3.05) is 11.9 Å². The van der Waals surface area contributed by atoms with Crippen LogP contribution in [-0.4, -0.2) is 23.2 Å². The molecule has 2 amide bonds. The molecule has 0 fully saturated rings. The van der Waals surface area contributed by atoms with Crippen molar-refractivity contribution in [2.45, 2.75) is 6.61 Å². The number of amides is 2. The maximum Gasteiger partial charge on any atom is 0.318 e. The number of primary amides is 1. The van der Waals surface area contributed by atoms with Crippen molar-refractivity contribution in [1.82, 2.24) is 10.1 Å². The Kier molecular flexibility index (Phi) is 4.24. The number of hydrogen-bond donors (Lipinski definition) is 1. The highest BCUT2D eigenvalue weighted by Crippen LogP contribution is 2.23. The molecule has 0 bridgehead atoms. The smallest absolute Gasteiger partial charge is 0.318 e. The molecule has 0 saturated heterocycles. The van der Waals surface area contributed by atoms with Crippen molar-refractivity contribution in [1.29, 1.82) is 0 Å². The predicted octanol–water partition coefficient (Wildman–Crippen LogP) is 2.89. The monoisotopic (exact) mass is 330 g/mol. The number of rotatable bonds is 5. The number of hydrogen-bond acceptors (Lipinski definition) is 6. The number of thiophene rings is 1. The van der Waals surface area contributed by atoms with Crippen LogP contribution in [0.3, 0.4) is 0 Å². The summed E-state index contributed by atoms with van der Waals surface area (Å²) >= 11 is 1.53. The van der Waals surface area contributed by atoms with Crippen LogP contribution in [0.25, 0.3) is 10.8 Å². The van der Waals surface area contributed by atoms with Gasteiger partial charge in [-0.3, -0.25) is 4.90 Å². The van der Waals surface area contributed by atoms with Crippen LogP contribution in [0.4, 0.5) is 10.5 Å². The number of anilines is 1. The third-order valence-electron chi connectivity index (χ3n) is 3.12. The minimum Gasteiger partial charge on any atom is -0.485 e. The van der Waals surface area contributed by atoms with E-state index in [9.17, 15) is 4.79 Å². The van der Waals surface area contributed by atoms with Gasteiger partial charge in [0, 0.05) is 12.7 Å². The molecule has 2 heterocycles. The number of aromatic nitrogens is 2. The third-order valence-corrected chi connectivity index (χ3v) is 3.98. The van der Waals surface area contributed by atoms with Crippen molar-refractivity contribution in [3.05, 3.63) is 47.6 Å². The molecule has 2 N–H and O–H groups in total. The van der Waals surface area contributed by atoms with E-state index in [4.69, 9.17) is 15.0 Å². The average molecular weight is 330 g/mol. The van der Waals surface area contributed by atoms with Crippen LogP contribution in [0.1, 0.15) is 5.82 Å². The maximum absolute atomic E-state index is 11.1. The Bertz CT molecular complexity index is 783. The summed E-state index contributed by atoms with van der Waals surface area (Å²) in [5.74, 6) is 1.58. The molecule has 0 radical (unpaired) electrons. The van der Waals surface area contributed by atoms with Crippen LogP contribution in [0.5, 0.6) is 5.75 Å². The van der Waals surface area contributed by atoms with E-state index in [0.717, 1.165) is 4.88 Å². The van der Waals surface area contributed by atoms with Gasteiger partial charge >= 0.3 is 6.03 Å². The fraction of sp³-hybridized carbons (Fsp3) is 0.133. The molecule has 3 rings (SSSR count). The van der Waals surface area contributed by atoms with Gasteiger partial charge in [0.25, 0.3) is 5.89 Å². The fourth-order valence-electron chi connectivity index (χ4n) is 1.85. The molecule has 118 valence electrons. The van der Waals surface area contributed by atoms with Gasteiger partial charge in [-0.25, -0.2) is 4.79 Å². The van der Waals surface area contributed by atoms with Crippen LogP contribution in [0, 0.1) is 0 Å². The Morgan fingerprint density at radius 3 is 2.78 bits per heavy atom. The number of urea groups is 1. The van der Waals surface area contributed by atoms with Gasteiger partial charge in [-0.15, -0.1) is 11.3 Å². The summed E-state index contributed by atoms with van der Waals surface area (Å²) in [7, 11) is 1.60. The van der Waals surface area contributed by atoms with E-state index in [1.54, 1.807) is 31.3 Å². The minimum absolute atomic E-state index is 0.194. The van der Waals surface area contributed by atoms with Gasteiger partial charge in [-0.1, -0.05) is 11.2 Å². The molecule has 3 aromatic rings. The van der Waals surface area contributed by atoms with Gasteiger partial charge in [0.15, 0.2) is 6.61 Å². The molecule has 7 nitrogen and oxygen atoms in total. The summed E-state index contributed by atoms with van der Waals surface area (Å²) < 4.78 is 10.8. The van der Waals surface area contributed by atoms with Gasteiger partial charge in [-0.2, -0.15) is 4.98 Å². The molecule has 8 heteroatoms. The molecule has 0 saturated carbocycles. The lowest BCUT2D eigenvalue weighted by molar-refractivity contribution is 0.255. The maximum atomic E-state index is 11.1. The van der Waals surface area contributed by atoms with E-state index < -0.39 is 6.03 Å². The van der Waals surface area contributed by atoms with E-state index in [-0.39, 0.29) is 6.61 Å². The van der Waals surface area contributed by atoms with Crippen LogP contribution in [-0.2, 0) is 6.61 Å². The number of ether oxygens (including phenoxy) is 1. The number of benzene rings is 1. The molecule has 1 aromatic carbocycles. The van der Waals surface area contributed by atoms with Gasteiger partial charge < -0.3 is 15.0 Å². The largest absolute Gasteiger partial charge is 0.485 e. The van der Waals surface area contributed by atoms with E-state index in [0.29, 0.717) is 23.2 Å². The Balaban J connectivity index is 1.61. The average Bonchev–Trinajstić information content (AvgIpc) is 3.23. The SMILES string of the molecule is CN(C(N)=O)c1ccc(OCc2noc(-c3cccs3)n2)cc1. The van der Waals surface area contributed by atoms with E-state index >= 15 is 0 Å². The normalized spacial score (nSPS) is 10.5. The quantitative estimate of drug-likeness (QED) is 0.776. The van der Waals surface area contributed by atoms with E-state index in [2.05, 4.69) is 10.1 Å². The number of carbonyl (C=O) groups excluding carboxylic acids is 1. The second-order valence-electron chi connectivity index (χ2n) is 4.67. The van der Waals surface area contributed by atoms with Crippen molar-refractivity contribution >= 4 is 23.1 Å². The lowest BCUT2D eigenvalue weighted by atomic mass is 10.3. The van der Waals surface area contributed by atoms with Gasteiger partial charge in [0.05, 0.1) is 4.88 Å². The second-order valence-corrected chi connectivity index (χ2v) is 5.62. The lowest BCUT2D eigenvalue weighted by Gasteiger charge is -2.14. The molecular formula is C15H14N4O3S. The van der Waals surface area contributed by atoms with Crippen molar-refractivity contribution in [3.8, 4) is 16.5 Å². The zero-order valence-corrected chi connectivity index (χ0v) is 13.1. The highest BCUT2D eigenvalue weighted by atomic mass is 32.1. The first-order chi connectivity index (χ1) is 11.1. The van der Waals surface area contributed by atoms with E-state index in [1.807, 2.05) is 17.5 Å². The topological polar surface area (TPSA) is 94.5 Å². The van der Waals surface area contributed by atoms with Crippen LogP contribution < -0.4 is 15.4 Å². The fourth-order valence-corrected chi connectivity index (χ4v) is 2.50. The van der Waals surface area contributed by atoms with E-state index in [1.165, 1.54) is 16.2 Å². The highest BCUT2D eigenvalue weighted by molar-refractivity contribution is 7.13. The van der Waals surface area contributed by atoms with Crippen LogP contribution >= 0.6 is 11.3 Å². The second kappa shape index (κ2) is 6.49. The summed E-state index contributed by atoms with van der Waals surface area (Å²) in [6.45, 7) is 0.194. The Hall–Kier alpha value is -2.87. The Labute approximate surface area is 136 Å². The Morgan fingerprint density at radius 1 is 1.35 bits per heavy atom. The number of nitrogens with zero attached hydrogens (tertiary/aromatic N) is 3. The standard InChI is InChI=1S/C15H14N4O3S/c1-19(15(16)20)10-4-6-11(7-5-10)21-9-13-17-14(22-18-13)12-3-2-8-23-12/h2-8H,9H2,1H3,(H2,16,20). The predicted molar refractivity (Wildman–Crippen MR) is 86.4 cm³/mol. The summed E-state index contributed by atoms with van der Waals surface area (Å²) in [6.07, 6.45) is 0. The molecule has 23 heavy (non-hydrogen) atoms. The Morgan fingerprint density at radius 2 is 2.13 bits per heavy atom. The molecule has 0 atom stereocenters.